The van der Waals surface area contributed by atoms with Gasteiger partial charge in [0.2, 0.25) is 0 Å². The number of hydrogen-bond acceptors (Lipinski definition) is 8. The Balaban J connectivity index is 0.826. The number of allylic oxidation sites excluding steroid dienone is 2. The molecule has 67 heavy (non-hydrogen) atoms. The Morgan fingerprint density at radius 2 is 0.522 bits per heavy atom. The van der Waals surface area contributed by atoms with Crippen molar-refractivity contribution in [2.24, 2.45) is 0 Å². The highest BCUT2D eigenvalue weighted by Gasteiger charge is 2.26. The van der Waals surface area contributed by atoms with Crippen molar-refractivity contribution in [1.82, 2.24) is 29.9 Å². The third-order valence-electron chi connectivity index (χ3n) is 11.5. The van der Waals surface area contributed by atoms with Crippen LogP contribution in [-0.4, -0.2) is 29.9 Å². The van der Waals surface area contributed by atoms with Gasteiger partial charge in [0.1, 0.15) is 23.0 Å². The number of hydrogen-bond donors (Lipinski definition) is 0. The number of rotatable bonds is 13. The van der Waals surface area contributed by atoms with Crippen molar-refractivity contribution in [1.29, 1.82) is 0 Å². The van der Waals surface area contributed by atoms with E-state index in [-0.39, 0.29) is 0 Å². The quantitative estimate of drug-likeness (QED) is 0.106. The van der Waals surface area contributed by atoms with Crippen molar-refractivity contribution in [2.75, 3.05) is 0 Å². The van der Waals surface area contributed by atoms with Crippen LogP contribution in [0.1, 0.15) is 25.0 Å². The van der Waals surface area contributed by atoms with E-state index in [0.29, 0.717) is 46.4 Å². The highest BCUT2D eigenvalue weighted by molar-refractivity contribution is 5.68. The Morgan fingerprint density at radius 3 is 0.761 bits per heavy atom. The maximum Gasteiger partial charge on any atom is 0.164 e. The van der Waals surface area contributed by atoms with Crippen molar-refractivity contribution in [2.45, 2.75) is 19.3 Å². The van der Waals surface area contributed by atoms with E-state index in [1.165, 1.54) is 0 Å². The van der Waals surface area contributed by atoms with Crippen LogP contribution in [0.2, 0.25) is 0 Å². The van der Waals surface area contributed by atoms with E-state index in [2.05, 4.69) is 43.3 Å². The second-order valence-electron chi connectivity index (χ2n) is 16.1. The predicted octanol–water partition coefficient (Wildman–Crippen LogP) is 14.5. The van der Waals surface area contributed by atoms with E-state index in [1.54, 1.807) is 0 Å². The standard InChI is InChI=1S/C59H44N6O2/c1-3-40-59(2,47-28-36-51(37-29-47)66-49-32-24-45(25-33-49)57-62-53(41-16-8-4-9-17-41)60-54(63-57)42-18-10-5-11-19-42)48-30-38-52(39-31-48)67-50-34-26-46(27-35-50)58-64-55(43-20-12-6-13-21-43)61-56(65-58)44-22-14-7-15-23-44/h3-40H,1-2H3/b40-3+. The first-order valence-corrected chi connectivity index (χ1v) is 22.1. The van der Waals surface area contributed by atoms with Gasteiger partial charge in [0, 0.05) is 38.8 Å². The average molecular weight is 869 g/mol. The smallest absolute Gasteiger partial charge is 0.164 e. The molecule has 10 aromatic rings. The van der Waals surface area contributed by atoms with E-state index < -0.39 is 5.41 Å². The molecular weight excluding hydrogens is 825 g/mol. The van der Waals surface area contributed by atoms with E-state index >= 15 is 0 Å². The van der Waals surface area contributed by atoms with Crippen LogP contribution in [0.3, 0.4) is 0 Å². The molecule has 0 spiro atoms. The molecule has 2 heterocycles. The summed E-state index contributed by atoms with van der Waals surface area (Å²) in [5, 5.41) is 0. The van der Waals surface area contributed by atoms with Gasteiger partial charge in [-0.1, -0.05) is 158 Å². The Bertz CT molecular complexity index is 2930. The Kier molecular flexibility index (Phi) is 12.0. The van der Waals surface area contributed by atoms with Gasteiger partial charge in [0.05, 0.1) is 0 Å². The summed E-state index contributed by atoms with van der Waals surface area (Å²) in [6.45, 7) is 4.27. The largest absolute Gasteiger partial charge is 0.457 e. The van der Waals surface area contributed by atoms with Crippen LogP contribution in [0.5, 0.6) is 23.0 Å². The van der Waals surface area contributed by atoms with Crippen molar-refractivity contribution < 1.29 is 9.47 Å². The molecule has 0 N–H and O–H groups in total. The van der Waals surface area contributed by atoms with Gasteiger partial charge in [-0.3, -0.25) is 0 Å². The molecule has 0 radical (unpaired) electrons. The van der Waals surface area contributed by atoms with Gasteiger partial charge in [0.25, 0.3) is 0 Å². The molecule has 0 aliphatic rings. The fourth-order valence-electron chi connectivity index (χ4n) is 7.92. The Morgan fingerprint density at radius 1 is 0.299 bits per heavy atom. The van der Waals surface area contributed by atoms with Crippen LogP contribution in [0.15, 0.2) is 231 Å². The summed E-state index contributed by atoms with van der Waals surface area (Å²) in [4.78, 5) is 29.1. The Hall–Kier alpha value is -8.88. The van der Waals surface area contributed by atoms with Crippen LogP contribution in [0.4, 0.5) is 0 Å². The topological polar surface area (TPSA) is 95.8 Å². The predicted molar refractivity (Wildman–Crippen MR) is 267 cm³/mol. The number of benzene rings is 8. The molecule has 0 saturated carbocycles. The van der Waals surface area contributed by atoms with E-state index in [9.17, 15) is 0 Å². The van der Waals surface area contributed by atoms with E-state index in [4.69, 9.17) is 39.4 Å². The molecule has 8 nitrogen and oxygen atoms in total. The highest BCUT2D eigenvalue weighted by atomic mass is 16.5. The monoisotopic (exact) mass is 868 g/mol. The van der Waals surface area contributed by atoms with Gasteiger partial charge in [-0.05, 0) is 97.8 Å². The highest BCUT2D eigenvalue weighted by Crippen LogP contribution is 2.37. The molecule has 0 unspecified atom stereocenters. The summed E-state index contributed by atoms with van der Waals surface area (Å²) >= 11 is 0. The molecule has 0 fully saturated rings. The lowest BCUT2D eigenvalue weighted by Gasteiger charge is -2.28. The zero-order valence-electron chi connectivity index (χ0n) is 36.9. The first kappa shape index (κ1) is 42.1. The second kappa shape index (κ2) is 19.1. The summed E-state index contributed by atoms with van der Waals surface area (Å²) in [6.07, 6.45) is 4.31. The van der Waals surface area contributed by atoms with Crippen molar-refractivity contribution >= 4 is 0 Å². The molecule has 0 bridgehead atoms. The summed E-state index contributed by atoms with van der Waals surface area (Å²) in [6, 6.07) is 72.1. The van der Waals surface area contributed by atoms with Crippen LogP contribution in [0, 0.1) is 0 Å². The molecule has 0 atom stereocenters. The molecule has 0 aliphatic carbocycles. The van der Waals surface area contributed by atoms with Crippen LogP contribution in [-0.2, 0) is 5.41 Å². The minimum Gasteiger partial charge on any atom is -0.457 e. The first-order valence-electron chi connectivity index (χ1n) is 22.1. The summed E-state index contributed by atoms with van der Waals surface area (Å²) < 4.78 is 12.7. The van der Waals surface area contributed by atoms with Gasteiger partial charge in [0.15, 0.2) is 34.9 Å². The third-order valence-corrected chi connectivity index (χ3v) is 11.5. The van der Waals surface area contributed by atoms with Gasteiger partial charge >= 0.3 is 0 Å². The van der Waals surface area contributed by atoms with Crippen molar-refractivity contribution in [3.05, 3.63) is 242 Å². The van der Waals surface area contributed by atoms with Gasteiger partial charge < -0.3 is 9.47 Å². The molecule has 0 aliphatic heterocycles. The molecule has 2 aromatic heterocycles. The molecule has 0 saturated heterocycles. The number of ether oxygens (including phenoxy) is 2. The van der Waals surface area contributed by atoms with Crippen LogP contribution >= 0.6 is 0 Å². The average Bonchev–Trinajstić information content (AvgIpc) is 3.40. The van der Waals surface area contributed by atoms with Crippen molar-refractivity contribution in [3.8, 4) is 91.3 Å². The van der Waals surface area contributed by atoms with Gasteiger partial charge in [-0.2, -0.15) is 0 Å². The maximum atomic E-state index is 6.34. The third kappa shape index (κ3) is 9.51. The molecule has 10 rings (SSSR count). The molecule has 8 heteroatoms. The van der Waals surface area contributed by atoms with Gasteiger partial charge in [-0.25, -0.2) is 29.9 Å². The SMILES string of the molecule is C/C=C/C(C)(c1ccc(Oc2ccc(-c3nc(-c4ccccc4)nc(-c4ccccc4)n3)cc2)cc1)c1ccc(Oc2ccc(-c3nc(-c4ccccc4)nc(-c4ccccc4)n3)cc2)cc1. The molecule has 0 amide bonds. The zero-order valence-corrected chi connectivity index (χ0v) is 36.9. The van der Waals surface area contributed by atoms with Gasteiger partial charge in [-0.15, -0.1) is 0 Å². The minimum absolute atomic E-state index is 0.404. The summed E-state index contributed by atoms with van der Waals surface area (Å²) in [5.74, 6) is 6.54. The number of aromatic nitrogens is 6. The molecule has 322 valence electrons. The lowest BCUT2D eigenvalue weighted by atomic mass is 9.76. The zero-order chi connectivity index (χ0) is 45.4. The Labute approximate surface area is 390 Å². The van der Waals surface area contributed by atoms with E-state index in [1.807, 2.05) is 201 Å². The fourth-order valence-corrected chi connectivity index (χ4v) is 7.92. The minimum atomic E-state index is -0.404. The molecular formula is C59H44N6O2. The molecule has 8 aromatic carbocycles. The lowest BCUT2D eigenvalue weighted by Crippen LogP contribution is -2.20. The van der Waals surface area contributed by atoms with Crippen LogP contribution < -0.4 is 9.47 Å². The maximum absolute atomic E-state index is 6.34. The van der Waals surface area contributed by atoms with E-state index in [0.717, 1.165) is 56.0 Å². The first-order chi connectivity index (χ1) is 33.0. The van der Waals surface area contributed by atoms with Crippen molar-refractivity contribution in [3.63, 3.8) is 0 Å². The lowest BCUT2D eigenvalue weighted by molar-refractivity contribution is 0.482. The summed E-state index contributed by atoms with van der Waals surface area (Å²) in [7, 11) is 0. The number of nitrogens with zero attached hydrogens (tertiary/aromatic N) is 6. The van der Waals surface area contributed by atoms with Crippen LogP contribution in [0.25, 0.3) is 68.3 Å². The second-order valence-corrected chi connectivity index (χ2v) is 16.1. The fraction of sp³-hybridized carbons (Fsp3) is 0.0508. The normalized spacial score (nSPS) is 11.4. The summed E-state index contributed by atoms with van der Waals surface area (Å²) in [5.41, 5.74) is 7.28.